The molecule has 1 amide bonds. The zero-order valence-corrected chi connectivity index (χ0v) is 15.7. The van der Waals surface area contributed by atoms with E-state index in [4.69, 9.17) is 11.6 Å². The van der Waals surface area contributed by atoms with Crippen LogP contribution in [0.5, 0.6) is 0 Å². The van der Waals surface area contributed by atoms with Gasteiger partial charge in [-0.2, -0.15) is 17.5 Å². The lowest BCUT2D eigenvalue weighted by molar-refractivity contribution is -0.146. The third-order valence-electron chi connectivity index (χ3n) is 4.36. The molecule has 1 aromatic carbocycles. The van der Waals surface area contributed by atoms with E-state index in [1.54, 1.807) is 0 Å². The fraction of sp³-hybridized carbons (Fsp3) is 0.562. The van der Waals surface area contributed by atoms with E-state index in [1.165, 1.54) is 35.6 Å². The first-order valence-corrected chi connectivity index (χ1v) is 9.90. The molecule has 0 aliphatic carbocycles. The first-order chi connectivity index (χ1) is 12.0. The van der Waals surface area contributed by atoms with E-state index in [9.17, 15) is 26.4 Å². The predicted molar refractivity (Wildman–Crippen MR) is 91.2 cm³/mol. The molecule has 1 aliphatic heterocycles. The van der Waals surface area contributed by atoms with Crippen molar-refractivity contribution in [3.05, 3.63) is 29.3 Å². The van der Waals surface area contributed by atoms with E-state index >= 15 is 0 Å². The van der Waals surface area contributed by atoms with Crippen LogP contribution in [0.4, 0.5) is 13.2 Å². The Morgan fingerprint density at radius 2 is 1.77 bits per heavy atom. The van der Waals surface area contributed by atoms with E-state index in [-0.39, 0.29) is 36.7 Å². The van der Waals surface area contributed by atoms with Crippen LogP contribution in [0.1, 0.15) is 19.3 Å². The summed E-state index contributed by atoms with van der Waals surface area (Å²) in [5.74, 6) is -0.845. The minimum absolute atomic E-state index is 0.119. The molecule has 1 aliphatic rings. The van der Waals surface area contributed by atoms with Gasteiger partial charge < -0.3 is 4.90 Å². The molecular weight excluding hydrogens is 393 g/mol. The zero-order valence-electron chi connectivity index (χ0n) is 14.2. The van der Waals surface area contributed by atoms with Gasteiger partial charge in [0.2, 0.25) is 15.9 Å². The molecule has 26 heavy (non-hydrogen) atoms. The lowest BCUT2D eigenvalue weighted by atomic mass is 9.96. The van der Waals surface area contributed by atoms with Crippen molar-refractivity contribution in [3.63, 3.8) is 0 Å². The van der Waals surface area contributed by atoms with Crippen molar-refractivity contribution in [2.24, 2.45) is 5.92 Å². The molecule has 1 heterocycles. The van der Waals surface area contributed by atoms with Gasteiger partial charge in [-0.15, -0.1) is 0 Å². The number of amides is 1. The summed E-state index contributed by atoms with van der Waals surface area (Å²) in [5.41, 5.74) is 0. The molecule has 1 saturated heterocycles. The molecule has 0 atom stereocenters. The number of halogens is 4. The molecule has 2 rings (SSSR count). The van der Waals surface area contributed by atoms with Gasteiger partial charge in [0.25, 0.3) is 0 Å². The summed E-state index contributed by atoms with van der Waals surface area (Å²) < 4.78 is 63.3. The van der Waals surface area contributed by atoms with Crippen molar-refractivity contribution in [1.82, 2.24) is 9.21 Å². The smallest absolute Gasteiger partial charge is 0.345 e. The Bertz CT molecular complexity index is 730. The lowest BCUT2D eigenvalue weighted by Crippen LogP contribution is -2.44. The quantitative estimate of drug-likeness (QED) is 0.746. The van der Waals surface area contributed by atoms with Gasteiger partial charge in [-0.25, -0.2) is 8.42 Å². The highest BCUT2D eigenvalue weighted by Crippen LogP contribution is 2.26. The van der Waals surface area contributed by atoms with Crippen molar-refractivity contribution in [3.8, 4) is 0 Å². The number of benzene rings is 1. The predicted octanol–water partition coefficient (Wildman–Crippen LogP) is 3.15. The molecule has 146 valence electrons. The van der Waals surface area contributed by atoms with Gasteiger partial charge in [0.15, 0.2) is 0 Å². The standard InChI is InChI=1S/C16H20ClF3N2O3S/c1-21(11-8-16(18,19)20)15(23)12-6-9-22(10-7-12)26(24,25)14-4-2-13(17)3-5-14/h2-5,12H,6-11H2,1H3. The fourth-order valence-electron chi connectivity index (χ4n) is 2.82. The molecule has 0 N–H and O–H groups in total. The van der Waals surface area contributed by atoms with E-state index in [0.717, 1.165) is 4.90 Å². The van der Waals surface area contributed by atoms with Crippen LogP contribution in [-0.4, -0.2) is 56.4 Å². The van der Waals surface area contributed by atoms with Crippen molar-refractivity contribution in [1.29, 1.82) is 0 Å². The Morgan fingerprint density at radius 1 is 1.23 bits per heavy atom. The molecule has 1 fully saturated rings. The summed E-state index contributed by atoms with van der Waals surface area (Å²) in [6, 6.07) is 5.81. The third kappa shape index (κ3) is 5.34. The van der Waals surface area contributed by atoms with Crippen LogP contribution in [0.25, 0.3) is 0 Å². The van der Waals surface area contributed by atoms with Gasteiger partial charge in [0, 0.05) is 37.6 Å². The summed E-state index contributed by atoms with van der Waals surface area (Å²) in [7, 11) is -2.34. The highest BCUT2D eigenvalue weighted by atomic mass is 35.5. The van der Waals surface area contributed by atoms with Crippen molar-refractivity contribution < 1.29 is 26.4 Å². The van der Waals surface area contributed by atoms with Gasteiger partial charge in [-0.1, -0.05) is 11.6 Å². The third-order valence-corrected chi connectivity index (χ3v) is 6.53. The average molecular weight is 413 g/mol. The summed E-state index contributed by atoms with van der Waals surface area (Å²) in [6.07, 6.45) is -4.81. The maximum atomic E-state index is 12.6. The maximum Gasteiger partial charge on any atom is 0.390 e. The van der Waals surface area contributed by atoms with Crippen molar-refractivity contribution in [2.75, 3.05) is 26.7 Å². The van der Waals surface area contributed by atoms with Crippen LogP contribution >= 0.6 is 11.6 Å². The zero-order chi connectivity index (χ0) is 19.5. The number of sulfonamides is 1. The molecule has 5 nitrogen and oxygen atoms in total. The molecule has 10 heteroatoms. The Morgan fingerprint density at radius 3 is 2.27 bits per heavy atom. The van der Waals surface area contributed by atoms with Crippen LogP contribution in [0.15, 0.2) is 29.2 Å². The van der Waals surface area contributed by atoms with Crippen LogP contribution in [0.3, 0.4) is 0 Å². The van der Waals surface area contributed by atoms with Crippen LogP contribution in [0.2, 0.25) is 5.02 Å². The average Bonchev–Trinajstić information content (AvgIpc) is 2.59. The van der Waals surface area contributed by atoms with E-state index < -0.39 is 35.1 Å². The second kappa shape index (κ2) is 8.14. The van der Waals surface area contributed by atoms with E-state index in [1.807, 2.05) is 0 Å². The number of nitrogens with zero attached hydrogens (tertiary/aromatic N) is 2. The highest BCUT2D eigenvalue weighted by molar-refractivity contribution is 7.89. The fourth-order valence-corrected chi connectivity index (χ4v) is 4.41. The summed E-state index contributed by atoms with van der Waals surface area (Å²) in [5, 5.41) is 0.426. The van der Waals surface area contributed by atoms with E-state index in [0.29, 0.717) is 5.02 Å². The number of hydrogen-bond donors (Lipinski definition) is 0. The maximum absolute atomic E-state index is 12.6. The monoisotopic (exact) mass is 412 g/mol. The number of alkyl halides is 3. The second-order valence-corrected chi connectivity index (χ2v) is 8.63. The molecular formula is C16H20ClF3N2O3S. The topological polar surface area (TPSA) is 57.7 Å². The van der Waals surface area contributed by atoms with Gasteiger partial charge in [0.1, 0.15) is 0 Å². The second-order valence-electron chi connectivity index (χ2n) is 6.26. The van der Waals surface area contributed by atoms with Crippen LogP contribution in [0, 0.1) is 5.92 Å². The Labute approximate surface area is 155 Å². The highest BCUT2D eigenvalue weighted by Gasteiger charge is 2.34. The summed E-state index contributed by atoms with van der Waals surface area (Å²) >= 11 is 5.76. The number of carbonyl (C=O) groups excluding carboxylic acids is 1. The number of carbonyl (C=O) groups is 1. The van der Waals surface area contributed by atoms with Crippen molar-refractivity contribution >= 4 is 27.5 Å². The molecule has 0 saturated carbocycles. The van der Waals surface area contributed by atoms with Crippen molar-refractivity contribution in [2.45, 2.75) is 30.3 Å². The normalized spacial score (nSPS) is 17.3. The minimum atomic E-state index is -4.31. The molecule has 1 aromatic rings. The largest absolute Gasteiger partial charge is 0.390 e. The van der Waals surface area contributed by atoms with E-state index in [2.05, 4.69) is 0 Å². The lowest BCUT2D eigenvalue weighted by Gasteiger charge is -2.32. The molecule has 0 radical (unpaired) electrons. The summed E-state index contributed by atoms with van der Waals surface area (Å²) in [6.45, 7) is -0.103. The first kappa shape index (κ1) is 21.0. The minimum Gasteiger partial charge on any atom is -0.345 e. The Kier molecular flexibility index (Phi) is 6.57. The van der Waals surface area contributed by atoms with Gasteiger partial charge in [-0.3, -0.25) is 4.79 Å². The Hall–Kier alpha value is -1.32. The van der Waals surface area contributed by atoms with Gasteiger partial charge in [0.05, 0.1) is 11.3 Å². The molecule has 0 bridgehead atoms. The van der Waals surface area contributed by atoms with Crippen LogP contribution < -0.4 is 0 Å². The first-order valence-electron chi connectivity index (χ1n) is 8.08. The van der Waals surface area contributed by atoms with Gasteiger partial charge >= 0.3 is 6.18 Å². The van der Waals surface area contributed by atoms with Crippen LogP contribution in [-0.2, 0) is 14.8 Å². The number of hydrogen-bond acceptors (Lipinski definition) is 3. The number of rotatable bonds is 5. The molecule has 0 unspecified atom stereocenters. The molecule has 0 spiro atoms. The SMILES string of the molecule is CN(CCC(F)(F)F)C(=O)C1CCN(S(=O)(=O)c2ccc(Cl)cc2)CC1. The Balaban J connectivity index is 1.94. The number of piperidine rings is 1. The molecule has 0 aromatic heterocycles. The van der Waals surface area contributed by atoms with Gasteiger partial charge in [-0.05, 0) is 37.1 Å². The summed E-state index contributed by atoms with van der Waals surface area (Å²) in [4.78, 5) is 13.4.